The lowest BCUT2D eigenvalue weighted by molar-refractivity contribution is -0.144. The van der Waals surface area contributed by atoms with Gasteiger partial charge in [-0.15, -0.1) is 0 Å². The van der Waals surface area contributed by atoms with Crippen molar-refractivity contribution in [3.8, 4) is 0 Å². The summed E-state index contributed by atoms with van der Waals surface area (Å²) in [5, 5.41) is 2.33. The Morgan fingerprint density at radius 3 is 2.18 bits per heavy atom. The van der Waals surface area contributed by atoms with E-state index in [-0.39, 0.29) is 13.2 Å². The molecule has 0 spiro atoms. The van der Waals surface area contributed by atoms with Crippen molar-refractivity contribution in [1.82, 2.24) is 14.3 Å². The van der Waals surface area contributed by atoms with Crippen LogP contribution in [0, 0.1) is 0 Å². The van der Waals surface area contributed by atoms with Crippen LogP contribution in [0.1, 0.15) is 27.7 Å². The van der Waals surface area contributed by atoms with Crippen LogP contribution in [0.4, 0.5) is 4.79 Å². The van der Waals surface area contributed by atoms with Crippen LogP contribution < -0.4 is 10.0 Å². The lowest BCUT2D eigenvalue weighted by atomic mass is 10.2. The molecule has 10 heteroatoms. The highest BCUT2D eigenvalue weighted by atomic mass is 32.2. The van der Waals surface area contributed by atoms with Gasteiger partial charge in [-0.3, -0.25) is 4.79 Å². The Bertz CT molecular complexity index is 484. The maximum Gasteiger partial charge on any atom is 0.407 e. The van der Waals surface area contributed by atoms with E-state index in [1.165, 1.54) is 14.1 Å². The van der Waals surface area contributed by atoms with Crippen LogP contribution in [0.3, 0.4) is 0 Å². The first-order chi connectivity index (χ1) is 9.89. The highest BCUT2D eigenvalue weighted by molar-refractivity contribution is 7.87. The van der Waals surface area contributed by atoms with Crippen molar-refractivity contribution >= 4 is 22.3 Å². The van der Waals surface area contributed by atoms with Crippen LogP contribution in [0.5, 0.6) is 0 Å². The normalized spacial score (nSPS) is 13.6. The van der Waals surface area contributed by atoms with E-state index >= 15 is 0 Å². The van der Waals surface area contributed by atoms with Crippen molar-refractivity contribution in [2.75, 3.05) is 27.2 Å². The molecule has 0 bridgehead atoms. The van der Waals surface area contributed by atoms with Crippen LogP contribution in [0.2, 0.25) is 0 Å². The second-order valence-electron chi connectivity index (χ2n) is 5.59. The average Bonchev–Trinajstić information content (AvgIpc) is 2.32. The number of carbonyl (C=O) groups is 2. The van der Waals surface area contributed by atoms with Gasteiger partial charge in [-0.05, 0) is 27.7 Å². The molecule has 0 aliphatic heterocycles. The third-order valence-electron chi connectivity index (χ3n) is 2.19. The van der Waals surface area contributed by atoms with Gasteiger partial charge >= 0.3 is 12.1 Å². The van der Waals surface area contributed by atoms with Crippen LogP contribution in [-0.4, -0.2) is 63.7 Å². The molecule has 0 aliphatic carbocycles. The standard InChI is InChI=1S/C12H25N3O6S/c1-7-20-10(16)9(14-22(18,19)15(5)6)8-13-11(17)21-12(2,3)4/h9,14H,7-8H2,1-6H3,(H,13,17)/t9-/m0/s1. The third-order valence-corrected chi connectivity index (χ3v) is 3.74. The summed E-state index contributed by atoms with van der Waals surface area (Å²) in [7, 11) is -1.23. The van der Waals surface area contributed by atoms with E-state index in [2.05, 4.69) is 10.0 Å². The zero-order chi connectivity index (χ0) is 17.6. The lowest BCUT2D eigenvalue weighted by Gasteiger charge is -2.22. The maximum absolute atomic E-state index is 11.8. The summed E-state index contributed by atoms with van der Waals surface area (Å²) < 4.78 is 36.4. The first-order valence-corrected chi connectivity index (χ1v) is 8.16. The van der Waals surface area contributed by atoms with E-state index in [4.69, 9.17) is 9.47 Å². The van der Waals surface area contributed by atoms with E-state index in [9.17, 15) is 18.0 Å². The Balaban J connectivity index is 4.83. The zero-order valence-corrected chi connectivity index (χ0v) is 14.6. The molecule has 0 fully saturated rings. The van der Waals surface area contributed by atoms with E-state index in [0.717, 1.165) is 4.31 Å². The van der Waals surface area contributed by atoms with Crippen LogP contribution >= 0.6 is 0 Å². The summed E-state index contributed by atoms with van der Waals surface area (Å²) in [5.74, 6) is -0.788. The second kappa shape index (κ2) is 8.30. The molecule has 0 aromatic carbocycles. The van der Waals surface area contributed by atoms with Gasteiger partial charge in [0.2, 0.25) is 0 Å². The molecule has 0 radical (unpaired) electrons. The SMILES string of the molecule is CCOC(=O)[C@H](CNC(=O)OC(C)(C)C)NS(=O)(=O)N(C)C. The van der Waals surface area contributed by atoms with E-state index in [1.807, 2.05) is 0 Å². The molecule has 0 aromatic heterocycles. The number of nitrogens with zero attached hydrogens (tertiary/aromatic N) is 1. The number of alkyl carbamates (subject to hydrolysis) is 1. The average molecular weight is 339 g/mol. The van der Waals surface area contributed by atoms with Crippen molar-refractivity contribution in [3.05, 3.63) is 0 Å². The number of esters is 1. The first-order valence-electron chi connectivity index (χ1n) is 6.72. The van der Waals surface area contributed by atoms with Crippen LogP contribution in [0.25, 0.3) is 0 Å². The van der Waals surface area contributed by atoms with Gasteiger partial charge in [0.25, 0.3) is 10.2 Å². The monoisotopic (exact) mass is 339 g/mol. The van der Waals surface area contributed by atoms with E-state index in [1.54, 1.807) is 27.7 Å². The van der Waals surface area contributed by atoms with Gasteiger partial charge in [-0.25, -0.2) is 4.79 Å². The Hall–Kier alpha value is -1.39. The number of carbonyl (C=O) groups excluding carboxylic acids is 2. The Morgan fingerprint density at radius 2 is 1.77 bits per heavy atom. The predicted molar refractivity (Wildman–Crippen MR) is 80.4 cm³/mol. The van der Waals surface area contributed by atoms with Gasteiger partial charge in [0.1, 0.15) is 11.6 Å². The van der Waals surface area contributed by atoms with Crippen molar-refractivity contribution in [2.24, 2.45) is 0 Å². The summed E-state index contributed by atoms with van der Waals surface area (Å²) in [6.45, 7) is 6.45. The van der Waals surface area contributed by atoms with Gasteiger partial charge in [0, 0.05) is 20.6 Å². The van der Waals surface area contributed by atoms with Gasteiger partial charge in [-0.2, -0.15) is 17.4 Å². The van der Waals surface area contributed by atoms with Crippen molar-refractivity contribution in [1.29, 1.82) is 0 Å². The molecular formula is C12H25N3O6S. The molecule has 2 N–H and O–H groups in total. The highest BCUT2D eigenvalue weighted by Gasteiger charge is 2.28. The maximum atomic E-state index is 11.8. The molecule has 22 heavy (non-hydrogen) atoms. The summed E-state index contributed by atoms with van der Waals surface area (Å²) in [6, 6.07) is -1.25. The number of hydrogen-bond acceptors (Lipinski definition) is 6. The summed E-state index contributed by atoms with van der Waals surface area (Å²) in [6.07, 6.45) is -0.758. The topological polar surface area (TPSA) is 114 Å². The van der Waals surface area contributed by atoms with Crippen LogP contribution in [0.15, 0.2) is 0 Å². The van der Waals surface area contributed by atoms with Crippen molar-refractivity contribution in [2.45, 2.75) is 39.3 Å². The number of hydrogen-bond donors (Lipinski definition) is 2. The molecule has 0 saturated heterocycles. The molecule has 0 heterocycles. The van der Waals surface area contributed by atoms with Crippen molar-refractivity contribution in [3.63, 3.8) is 0 Å². The predicted octanol–water partition coefficient (Wildman–Crippen LogP) is -0.161. The minimum atomic E-state index is -3.85. The lowest BCUT2D eigenvalue weighted by Crippen LogP contribution is -2.52. The molecule has 0 saturated carbocycles. The highest BCUT2D eigenvalue weighted by Crippen LogP contribution is 2.06. The van der Waals surface area contributed by atoms with Gasteiger partial charge in [0.15, 0.2) is 0 Å². The quantitative estimate of drug-likeness (QED) is 0.623. The van der Waals surface area contributed by atoms with Crippen LogP contribution in [-0.2, 0) is 24.5 Å². The number of amides is 1. The summed E-state index contributed by atoms with van der Waals surface area (Å²) in [5.41, 5.74) is -0.702. The summed E-state index contributed by atoms with van der Waals surface area (Å²) in [4.78, 5) is 23.4. The number of ether oxygens (including phenoxy) is 2. The first kappa shape index (κ1) is 20.6. The van der Waals surface area contributed by atoms with Gasteiger partial charge < -0.3 is 14.8 Å². The Labute approximate surface area is 131 Å². The fraction of sp³-hybridized carbons (Fsp3) is 0.833. The minimum absolute atomic E-state index is 0.0888. The van der Waals surface area contributed by atoms with Crippen molar-refractivity contribution < 1.29 is 27.5 Å². The molecule has 9 nitrogen and oxygen atoms in total. The molecule has 0 rings (SSSR count). The third kappa shape index (κ3) is 8.15. The van der Waals surface area contributed by atoms with E-state index < -0.39 is 33.9 Å². The number of nitrogens with one attached hydrogen (secondary N) is 2. The van der Waals surface area contributed by atoms with E-state index in [0.29, 0.717) is 0 Å². The molecule has 1 atom stereocenters. The van der Waals surface area contributed by atoms with Gasteiger partial charge in [-0.1, -0.05) is 0 Å². The fourth-order valence-corrected chi connectivity index (χ4v) is 1.95. The fourth-order valence-electron chi connectivity index (χ4n) is 1.20. The smallest absolute Gasteiger partial charge is 0.407 e. The Morgan fingerprint density at radius 1 is 1.23 bits per heavy atom. The molecule has 1 amide bonds. The number of rotatable bonds is 7. The molecule has 0 aliphatic rings. The minimum Gasteiger partial charge on any atom is -0.465 e. The summed E-state index contributed by atoms with van der Waals surface area (Å²) >= 11 is 0. The zero-order valence-electron chi connectivity index (χ0n) is 13.8. The largest absolute Gasteiger partial charge is 0.465 e. The molecule has 0 unspecified atom stereocenters. The molecular weight excluding hydrogens is 314 g/mol. The molecule has 0 aromatic rings. The molecule has 130 valence electrons. The van der Waals surface area contributed by atoms with Gasteiger partial charge in [0.05, 0.1) is 6.61 Å². The second-order valence-corrected chi connectivity index (χ2v) is 7.51. The Kier molecular flexibility index (Phi) is 7.77.